The third kappa shape index (κ3) is 4.88. The van der Waals surface area contributed by atoms with Crippen LogP contribution in [0.1, 0.15) is 18.9 Å². The Hall–Kier alpha value is -3.22. The van der Waals surface area contributed by atoms with E-state index in [4.69, 9.17) is 42.1 Å². The molecule has 2 atom stereocenters. The van der Waals surface area contributed by atoms with E-state index in [1.54, 1.807) is 20.2 Å². The quantitative estimate of drug-likeness (QED) is 0.505. The molecule has 2 aliphatic rings. The Morgan fingerprint density at radius 2 is 1.73 bits per heavy atom. The topological polar surface area (TPSA) is 127 Å². The second-order valence-electron chi connectivity index (χ2n) is 8.36. The van der Waals surface area contributed by atoms with Gasteiger partial charge in [-0.1, -0.05) is 30.1 Å². The van der Waals surface area contributed by atoms with Crippen LogP contribution in [-0.2, 0) is 16.1 Å². The van der Waals surface area contributed by atoms with E-state index < -0.39 is 6.03 Å². The Balaban J connectivity index is 1.65. The summed E-state index contributed by atoms with van der Waals surface area (Å²) in [6.45, 7) is 2.65. The number of hydrogen-bond acceptors (Lipinski definition) is 9. The third-order valence-corrected chi connectivity index (χ3v) is 6.88. The van der Waals surface area contributed by atoms with Gasteiger partial charge in [-0.15, -0.1) is 0 Å². The first-order valence-corrected chi connectivity index (χ1v) is 12.2. The first-order chi connectivity index (χ1) is 17.7. The number of anilines is 3. The molecule has 2 N–H and O–H groups in total. The summed E-state index contributed by atoms with van der Waals surface area (Å²) in [5, 5.41) is 6.32. The highest BCUT2D eigenvalue weighted by atomic mass is 35.5. The molecule has 2 aromatic rings. The maximum atomic E-state index is 13.5. The van der Waals surface area contributed by atoms with Gasteiger partial charge >= 0.3 is 6.03 Å². The second kappa shape index (κ2) is 11.0. The number of rotatable bonds is 8. The fourth-order valence-corrected chi connectivity index (χ4v) is 5.04. The monoisotopic (exact) mass is 554 g/mol. The molecule has 1 saturated heterocycles. The van der Waals surface area contributed by atoms with Crippen LogP contribution in [0.5, 0.6) is 17.2 Å². The lowest BCUT2D eigenvalue weighted by molar-refractivity contribution is -0.121. The van der Waals surface area contributed by atoms with Gasteiger partial charge in [0.1, 0.15) is 15.9 Å². The molecule has 0 aliphatic carbocycles. The molecule has 3 heterocycles. The summed E-state index contributed by atoms with van der Waals surface area (Å²) in [5.41, 5.74) is 0.868. The van der Waals surface area contributed by atoms with Gasteiger partial charge in [0, 0.05) is 25.2 Å². The Bertz CT molecular complexity index is 1180. The van der Waals surface area contributed by atoms with E-state index in [-0.39, 0.29) is 57.5 Å². The van der Waals surface area contributed by atoms with Crippen molar-refractivity contribution < 1.29 is 28.5 Å². The van der Waals surface area contributed by atoms with Gasteiger partial charge in [0.05, 0.1) is 58.9 Å². The largest absolute Gasteiger partial charge is 0.491 e. The van der Waals surface area contributed by atoms with Crippen molar-refractivity contribution in [3.05, 3.63) is 21.8 Å². The summed E-state index contributed by atoms with van der Waals surface area (Å²) in [4.78, 5) is 37.1. The fraction of sp³-hybridized carbons (Fsp3) is 0.478. The van der Waals surface area contributed by atoms with E-state index in [1.807, 2.05) is 0 Å². The number of carbonyl (C=O) groups is 2. The van der Waals surface area contributed by atoms with Gasteiger partial charge in [0.15, 0.2) is 11.5 Å². The first kappa shape index (κ1) is 26.8. The van der Waals surface area contributed by atoms with Gasteiger partial charge in [0.25, 0.3) is 0 Å². The van der Waals surface area contributed by atoms with E-state index in [0.29, 0.717) is 37.0 Å². The first-order valence-electron chi connectivity index (χ1n) is 11.5. The second-order valence-corrected chi connectivity index (χ2v) is 9.12. The average Bonchev–Trinajstić information content (AvgIpc) is 3.32. The van der Waals surface area contributed by atoms with Crippen LogP contribution in [0.3, 0.4) is 0 Å². The number of benzene rings is 1. The van der Waals surface area contributed by atoms with Crippen molar-refractivity contribution in [2.75, 3.05) is 56.7 Å². The number of halogens is 2. The highest BCUT2D eigenvalue weighted by Crippen LogP contribution is 2.54. The van der Waals surface area contributed by atoms with E-state index in [1.165, 1.54) is 31.1 Å². The van der Waals surface area contributed by atoms with Gasteiger partial charge in [-0.2, -0.15) is 4.98 Å². The Kier molecular flexibility index (Phi) is 8.00. The molecule has 1 aromatic heterocycles. The molecule has 200 valence electrons. The number of methoxy groups -OCH3 is 3. The Labute approximate surface area is 224 Å². The van der Waals surface area contributed by atoms with Crippen molar-refractivity contribution in [1.29, 1.82) is 0 Å². The molecule has 3 amide bonds. The number of ether oxygens (including phenoxy) is 4. The normalized spacial score (nSPS) is 18.9. The minimum atomic E-state index is -0.424. The van der Waals surface area contributed by atoms with Crippen LogP contribution >= 0.6 is 23.2 Å². The van der Waals surface area contributed by atoms with Gasteiger partial charge in [-0.25, -0.2) is 9.78 Å². The molecular weight excluding hydrogens is 527 g/mol. The van der Waals surface area contributed by atoms with Crippen molar-refractivity contribution >= 4 is 52.6 Å². The van der Waals surface area contributed by atoms with Crippen molar-refractivity contribution in [1.82, 2.24) is 15.3 Å². The van der Waals surface area contributed by atoms with Crippen molar-refractivity contribution in [3.8, 4) is 17.2 Å². The van der Waals surface area contributed by atoms with Gasteiger partial charge in [-0.05, 0) is 0 Å². The number of carbonyl (C=O) groups excluding carboxylic acids is 2. The summed E-state index contributed by atoms with van der Waals surface area (Å²) < 4.78 is 21.8. The molecule has 12 nitrogen and oxygen atoms in total. The lowest BCUT2D eigenvalue weighted by Gasteiger charge is -2.35. The highest BCUT2D eigenvalue weighted by molar-refractivity contribution is 6.42. The third-order valence-electron chi connectivity index (χ3n) is 6.18. The molecule has 0 bridgehead atoms. The van der Waals surface area contributed by atoms with Crippen molar-refractivity contribution in [3.63, 3.8) is 0 Å². The fourth-order valence-electron chi connectivity index (χ4n) is 4.27. The number of fused-ring (bicyclic) bond motifs is 1. The number of aromatic nitrogens is 2. The maximum absolute atomic E-state index is 13.5. The van der Waals surface area contributed by atoms with Gasteiger partial charge in [-0.3, -0.25) is 14.6 Å². The van der Waals surface area contributed by atoms with Gasteiger partial charge < -0.3 is 29.6 Å². The van der Waals surface area contributed by atoms with E-state index in [0.717, 1.165) is 0 Å². The van der Waals surface area contributed by atoms with Crippen LogP contribution in [0.4, 0.5) is 22.2 Å². The van der Waals surface area contributed by atoms with Crippen LogP contribution in [0.15, 0.2) is 6.20 Å². The molecule has 0 saturated carbocycles. The lowest BCUT2D eigenvalue weighted by Crippen LogP contribution is -2.47. The SMILES string of the molecule is CCC(=O)NC1COCC1Nc1ncc2c(n1)N(C)C(=O)N(c1c(Cl)c(OC)c(OC)c(OC)c1Cl)C2. The molecule has 4 rings (SSSR count). The van der Waals surface area contributed by atoms with Crippen LogP contribution in [0.25, 0.3) is 0 Å². The summed E-state index contributed by atoms with van der Waals surface area (Å²) in [7, 11) is 5.88. The van der Waals surface area contributed by atoms with Crippen LogP contribution in [-0.4, -0.2) is 75.6 Å². The molecule has 14 heteroatoms. The van der Waals surface area contributed by atoms with E-state index >= 15 is 0 Å². The number of amides is 3. The average molecular weight is 555 g/mol. The zero-order valence-electron chi connectivity index (χ0n) is 21.1. The number of hydrogen-bond donors (Lipinski definition) is 2. The van der Waals surface area contributed by atoms with Gasteiger partial charge in [0.2, 0.25) is 17.6 Å². The van der Waals surface area contributed by atoms with Crippen LogP contribution < -0.4 is 34.6 Å². The summed E-state index contributed by atoms with van der Waals surface area (Å²) in [6, 6.07) is -0.856. The van der Waals surface area contributed by atoms with Crippen molar-refractivity contribution in [2.45, 2.75) is 32.0 Å². The van der Waals surface area contributed by atoms with Crippen molar-refractivity contribution in [2.24, 2.45) is 0 Å². The minimum absolute atomic E-state index is 0.0665. The number of urea groups is 1. The summed E-state index contributed by atoms with van der Waals surface area (Å²) >= 11 is 13.3. The minimum Gasteiger partial charge on any atom is -0.491 e. The van der Waals surface area contributed by atoms with E-state index in [2.05, 4.69) is 20.6 Å². The molecule has 0 spiro atoms. The molecule has 1 fully saturated rings. The lowest BCUT2D eigenvalue weighted by atomic mass is 10.1. The molecule has 2 unspecified atom stereocenters. The zero-order valence-corrected chi connectivity index (χ0v) is 22.6. The smallest absolute Gasteiger partial charge is 0.330 e. The van der Waals surface area contributed by atoms with E-state index in [9.17, 15) is 9.59 Å². The van der Waals surface area contributed by atoms with Crippen LogP contribution in [0.2, 0.25) is 10.0 Å². The molecule has 37 heavy (non-hydrogen) atoms. The Morgan fingerprint density at radius 3 is 2.32 bits per heavy atom. The Morgan fingerprint density at radius 1 is 1.11 bits per heavy atom. The van der Waals surface area contributed by atoms with Crippen LogP contribution in [0, 0.1) is 0 Å². The molecule has 0 radical (unpaired) electrons. The zero-order chi connectivity index (χ0) is 26.9. The molecule has 1 aromatic carbocycles. The number of nitrogens with one attached hydrogen (secondary N) is 2. The maximum Gasteiger partial charge on any atom is 0.330 e. The number of nitrogens with zero attached hydrogens (tertiary/aromatic N) is 4. The predicted octanol–water partition coefficient (Wildman–Crippen LogP) is 3.09. The summed E-state index contributed by atoms with van der Waals surface area (Å²) in [6.07, 6.45) is 2.00. The summed E-state index contributed by atoms with van der Waals surface area (Å²) in [5.74, 6) is 1.24. The molecular formula is C23H28Cl2N6O6. The standard InChI is InChI=1S/C23H28Cl2N6O6/c1-6-14(32)27-12-9-37-10-13(12)28-22-26-7-11-8-31(23(33)30(2)21(11)29-22)17-15(24)18(34-3)20(36-5)19(35-4)16(17)25/h7,12-13H,6,8-10H2,1-5H3,(H,27,32)(H,26,28,29). The highest BCUT2D eigenvalue weighted by Gasteiger charge is 2.37. The molecule has 2 aliphatic heterocycles. The predicted molar refractivity (Wildman–Crippen MR) is 139 cm³/mol.